The highest BCUT2D eigenvalue weighted by Crippen LogP contribution is 2.41. The quantitative estimate of drug-likeness (QED) is 0.624. The number of ether oxygens (including phenoxy) is 1. The number of rotatable bonds is 3. The van der Waals surface area contributed by atoms with Crippen LogP contribution in [0.3, 0.4) is 0 Å². The van der Waals surface area contributed by atoms with Gasteiger partial charge in [-0.25, -0.2) is 4.79 Å². The normalized spacial score (nSPS) is 40.2. The molecule has 2 rings (SSSR count). The van der Waals surface area contributed by atoms with E-state index >= 15 is 0 Å². The Morgan fingerprint density at radius 3 is 2.73 bits per heavy atom. The lowest BCUT2D eigenvalue weighted by Crippen LogP contribution is -2.72. The second-order valence-corrected chi connectivity index (χ2v) is 4.28. The van der Waals surface area contributed by atoms with Crippen LogP contribution in [0.2, 0.25) is 0 Å². The van der Waals surface area contributed by atoms with Crippen LogP contribution in [0.5, 0.6) is 0 Å². The molecule has 1 amide bonds. The summed E-state index contributed by atoms with van der Waals surface area (Å²) in [6.45, 7) is 3.62. The van der Waals surface area contributed by atoms with Crippen LogP contribution < -0.4 is 5.32 Å². The van der Waals surface area contributed by atoms with Crippen molar-refractivity contribution in [1.82, 2.24) is 5.32 Å². The van der Waals surface area contributed by atoms with Crippen LogP contribution >= 0.6 is 0 Å². The monoisotopic (exact) mass is 213 g/mol. The first-order valence-electron chi connectivity index (χ1n) is 5.25. The van der Waals surface area contributed by atoms with Gasteiger partial charge in [-0.3, -0.25) is 4.79 Å². The van der Waals surface area contributed by atoms with Crippen molar-refractivity contribution in [3.63, 3.8) is 0 Å². The maximum absolute atomic E-state index is 11.4. The van der Waals surface area contributed by atoms with E-state index in [1.54, 1.807) is 6.92 Å². The SMILES string of the molecule is CCC[C@H](O)[C@]12NC(=O)[C@H](C)[C@@H]1OC2=O. The topological polar surface area (TPSA) is 75.6 Å². The molecule has 2 aliphatic rings. The summed E-state index contributed by atoms with van der Waals surface area (Å²) in [5, 5.41) is 12.5. The van der Waals surface area contributed by atoms with Crippen LogP contribution in [0.25, 0.3) is 0 Å². The van der Waals surface area contributed by atoms with Crippen LogP contribution in [0.4, 0.5) is 0 Å². The van der Waals surface area contributed by atoms with E-state index in [9.17, 15) is 14.7 Å². The van der Waals surface area contributed by atoms with Crippen LogP contribution in [0.15, 0.2) is 0 Å². The first kappa shape index (κ1) is 10.4. The van der Waals surface area contributed by atoms with E-state index in [0.717, 1.165) is 6.42 Å². The van der Waals surface area contributed by atoms with Gasteiger partial charge in [0.25, 0.3) is 0 Å². The predicted molar refractivity (Wildman–Crippen MR) is 50.8 cm³/mol. The Labute approximate surface area is 87.8 Å². The Morgan fingerprint density at radius 1 is 1.60 bits per heavy atom. The molecule has 0 aromatic carbocycles. The van der Waals surface area contributed by atoms with E-state index in [2.05, 4.69) is 5.32 Å². The standard InChI is InChI=1S/C10H15NO4/c1-3-4-6(12)10-7(15-9(10)14)5(2)8(13)11-10/h5-7,12H,3-4H2,1-2H3,(H,11,13)/t5-,6+,7+,10+/m1/s1. The van der Waals surface area contributed by atoms with Gasteiger partial charge in [-0.2, -0.15) is 0 Å². The molecule has 4 atom stereocenters. The van der Waals surface area contributed by atoms with Crippen molar-refractivity contribution in [2.24, 2.45) is 5.92 Å². The molecule has 0 aliphatic carbocycles. The molecule has 0 spiro atoms. The fourth-order valence-corrected chi connectivity index (χ4v) is 2.35. The third kappa shape index (κ3) is 1.13. The van der Waals surface area contributed by atoms with Gasteiger partial charge in [-0.05, 0) is 13.3 Å². The molecule has 0 unspecified atom stereocenters. The maximum atomic E-state index is 11.4. The number of carbonyl (C=O) groups excluding carboxylic acids is 2. The van der Waals surface area contributed by atoms with Gasteiger partial charge in [0.15, 0.2) is 0 Å². The Hall–Kier alpha value is -1.10. The number of aliphatic hydroxyl groups is 1. The van der Waals surface area contributed by atoms with Gasteiger partial charge < -0.3 is 15.2 Å². The summed E-state index contributed by atoms with van der Waals surface area (Å²) in [6.07, 6.45) is -0.104. The van der Waals surface area contributed by atoms with E-state index in [1.807, 2.05) is 6.92 Å². The number of hydrogen-bond acceptors (Lipinski definition) is 4. The van der Waals surface area contributed by atoms with Gasteiger partial charge >= 0.3 is 5.97 Å². The summed E-state index contributed by atoms with van der Waals surface area (Å²) < 4.78 is 4.93. The van der Waals surface area contributed by atoms with Gasteiger partial charge in [0.2, 0.25) is 11.4 Å². The highest BCUT2D eigenvalue weighted by atomic mass is 16.6. The molecule has 5 nitrogen and oxygen atoms in total. The number of amides is 1. The molecule has 5 heteroatoms. The van der Waals surface area contributed by atoms with Gasteiger partial charge in [0, 0.05) is 0 Å². The third-order valence-corrected chi connectivity index (χ3v) is 3.31. The largest absolute Gasteiger partial charge is 0.456 e. The van der Waals surface area contributed by atoms with Gasteiger partial charge in [0.05, 0.1) is 12.0 Å². The Bertz CT molecular complexity index is 317. The maximum Gasteiger partial charge on any atom is 0.338 e. The van der Waals surface area contributed by atoms with Crippen molar-refractivity contribution >= 4 is 11.9 Å². The highest BCUT2D eigenvalue weighted by molar-refractivity contribution is 5.99. The average molecular weight is 213 g/mol. The van der Waals surface area contributed by atoms with Gasteiger partial charge in [-0.15, -0.1) is 0 Å². The Morgan fingerprint density at radius 2 is 2.27 bits per heavy atom. The number of fused-ring (bicyclic) bond motifs is 1. The molecule has 2 aliphatic heterocycles. The molecule has 2 fully saturated rings. The molecule has 2 saturated heterocycles. The summed E-state index contributed by atoms with van der Waals surface area (Å²) in [5.74, 6) is -1.10. The average Bonchev–Trinajstić information content (AvgIpc) is 2.39. The molecule has 15 heavy (non-hydrogen) atoms. The molecule has 0 aromatic rings. The molecule has 0 bridgehead atoms. The number of nitrogens with one attached hydrogen (secondary N) is 1. The first-order chi connectivity index (χ1) is 7.04. The lowest BCUT2D eigenvalue weighted by atomic mass is 9.78. The molecular formula is C10H15NO4. The zero-order valence-electron chi connectivity index (χ0n) is 8.82. The first-order valence-corrected chi connectivity index (χ1v) is 5.25. The number of hydrogen-bond donors (Lipinski definition) is 2. The van der Waals surface area contributed by atoms with Crippen LogP contribution in [-0.4, -0.2) is 34.7 Å². The van der Waals surface area contributed by atoms with Crippen LogP contribution in [0, 0.1) is 5.92 Å². The van der Waals surface area contributed by atoms with Crippen molar-refractivity contribution in [3.05, 3.63) is 0 Å². The molecule has 0 aromatic heterocycles. The fraction of sp³-hybridized carbons (Fsp3) is 0.800. The van der Waals surface area contributed by atoms with Crippen molar-refractivity contribution in [2.45, 2.75) is 44.4 Å². The number of carbonyl (C=O) groups is 2. The van der Waals surface area contributed by atoms with E-state index in [1.165, 1.54) is 0 Å². The lowest BCUT2D eigenvalue weighted by molar-refractivity contribution is -0.204. The van der Waals surface area contributed by atoms with Crippen molar-refractivity contribution in [2.75, 3.05) is 0 Å². The van der Waals surface area contributed by atoms with E-state index in [0.29, 0.717) is 6.42 Å². The van der Waals surface area contributed by atoms with Crippen molar-refractivity contribution < 1.29 is 19.4 Å². The molecular weight excluding hydrogens is 198 g/mol. The molecule has 0 radical (unpaired) electrons. The molecule has 2 heterocycles. The summed E-state index contributed by atoms with van der Waals surface area (Å²) in [7, 11) is 0. The third-order valence-electron chi connectivity index (χ3n) is 3.31. The lowest BCUT2D eigenvalue weighted by Gasteiger charge is -2.45. The zero-order valence-corrected chi connectivity index (χ0v) is 8.82. The van der Waals surface area contributed by atoms with E-state index < -0.39 is 23.7 Å². The van der Waals surface area contributed by atoms with E-state index in [-0.39, 0.29) is 11.8 Å². The molecule has 2 N–H and O–H groups in total. The van der Waals surface area contributed by atoms with Crippen molar-refractivity contribution in [1.29, 1.82) is 0 Å². The molecule has 0 saturated carbocycles. The minimum absolute atomic E-state index is 0.221. The number of esters is 1. The fourth-order valence-electron chi connectivity index (χ4n) is 2.35. The Kier molecular flexibility index (Phi) is 2.22. The predicted octanol–water partition coefficient (Wildman–Crippen LogP) is -0.423. The smallest absolute Gasteiger partial charge is 0.338 e. The summed E-state index contributed by atoms with van der Waals surface area (Å²) in [5.41, 5.74) is -1.16. The second kappa shape index (κ2) is 3.20. The molecule has 84 valence electrons. The van der Waals surface area contributed by atoms with Gasteiger partial charge in [0.1, 0.15) is 6.10 Å². The highest BCUT2D eigenvalue weighted by Gasteiger charge is 2.70. The van der Waals surface area contributed by atoms with Crippen LogP contribution in [0.1, 0.15) is 26.7 Å². The minimum atomic E-state index is -1.16. The number of aliphatic hydroxyl groups excluding tert-OH is 1. The van der Waals surface area contributed by atoms with Gasteiger partial charge in [-0.1, -0.05) is 13.3 Å². The summed E-state index contributed by atoms with van der Waals surface area (Å²) in [6, 6.07) is 0. The Balaban J connectivity index is 2.25. The second-order valence-electron chi connectivity index (χ2n) is 4.28. The summed E-state index contributed by atoms with van der Waals surface area (Å²) >= 11 is 0. The summed E-state index contributed by atoms with van der Waals surface area (Å²) in [4.78, 5) is 22.9. The van der Waals surface area contributed by atoms with Crippen LogP contribution in [-0.2, 0) is 14.3 Å². The van der Waals surface area contributed by atoms with E-state index in [4.69, 9.17) is 4.74 Å². The van der Waals surface area contributed by atoms with Crippen molar-refractivity contribution in [3.8, 4) is 0 Å². The minimum Gasteiger partial charge on any atom is -0.456 e. The zero-order chi connectivity index (χ0) is 11.2.